The second-order valence-corrected chi connectivity index (χ2v) is 7.09. The van der Waals surface area contributed by atoms with Gasteiger partial charge in [-0.05, 0) is 31.4 Å². The van der Waals surface area contributed by atoms with Gasteiger partial charge in [-0.2, -0.15) is 0 Å². The number of urea groups is 1. The van der Waals surface area contributed by atoms with Crippen molar-refractivity contribution in [2.24, 2.45) is 0 Å². The van der Waals surface area contributed by atoms with Gasteiger partial charge in [-0.3, -0.25) is 14.5 Å². The maximum Gasteiger partial charge on any atom is 0.336 e. The second-order valence-electron chi connectivity index (χ2n) is 7.09. The van der Waals surface area contributed by atoms with Gasteiger partial charge in [-0.15, -0.1) is 0 Å². The third kappa shape index (κ3) is 3.80. The van der Waals surface area contributed by atoms with Gasteiger partial charge in [0.05, 0.1) is 0 Å². The summed E-state index contributed by atoms with van der Waals surface area (Å²) in [6, 6.07) is 3.57. The van der Waals surface area contributed by atoms with Crippen molar-refractivity contribution in [3.63, 3.8) is 0 Å². The average molecular weight is 402 g/mol. The van der Waals surface area contributed by atoms with Crippen LogP contribution in [0.4, 0.5) is 4.79 Å². The Morgan fingerprint density at radius 2 is 1.93 bits per heavy atom. The van der Waals surface area contributed by atoms with E-state index < -0.39 is 35.6 Å². The lowest BCUT2D eigenvalue weighted by Crippen LogP contribution is -2.43. The number of nitrogens with one attached hydrogen (secondary N) is 1. The van der Waals surface area contributed by atoms with Crippen LogP contribution in [0.1, 0.15) is 38.3 Å². The van der Waals surface area contributed by atoms with E-state index in [1.54, 1.807) is 19.9 Å². The summed E-state index contributed by atoms with van der Waals surface area (Å²) < 4.78 is 10.3. The molecule has 1 aliphatic rings. The first-order valence-corrected chi connectivity index (χ1v) is 9.27. The molecule has 154 valence electrons. The molecule has 1 atom stereocenters. The van der Waals surface area contributed by atoms with Gasteiger partial charge in [0.25, 0.3) is 5.91 Å². The molecule has 29 heavy (non-hydrogen) atoms. The van der Waals surface area contributed by atoms with E-state index in [1.165, 1.54) is 12.1 Å². The van der Waals surface area contributed by atoms with Crippen LogP contribution in [0, 0.1) is 0 Å². The van der Waals surface area contributed by atoms with Crippen molar-refractivity contribution in [3.8, 4) is 5.75 Å². The van der Waals surface area contributed by atoms with Gasteiger partial charge in [0.2, 0.25) is 0 Å². The molecule has 0 bridgehead atoms. The molecule has 1 fully saturated rings. The number of carbonyl (C=O) groups is 3. The van der Waals surface area contributed by atoms with Crippen molar-refractivity contribution in [2.45, 2.75) is 45.8 Å². The minimum Gasteiger partial charge on any atom is -0.508 e. The highest BCUT2D eigenvalue weighted by Gasteiger charge is 2.47. The number of esters is 1. The Bertz CT molecular complexity index is 1060. The molecule has 1 aromatic carbocycles. The minimum atomic E-state index is -1.04. The fraction of sp³-hybridized carbons (Fsp3) is 0.400. The number of benzene rings is 1. The quantitative estimate of drug-likeness (QED) is 0.429. The van der Waals surface area contributed by atoms with E-state index in [-0.39, 0.29) is 17.9 Å². The van der Waals surface area contributed by atoms with E-state index >= 15 is 0 Å². The molecule has 0 radical (unpaired) electrons. The van der Waals surface area contributed by atoms with Gasteiger partial charge in [0, 0.05) is 23.1 Å². The third-order valence-corrected chi connectivity index (χ3v) is 5.14. The molecule has 1 aromatic heterocycles. The molecule has 9 nitrogen and oxygen atoms in total. The van der Waals surface area contributed by atoms with E-state index in [1.807, 2.05) is 6.92 Å². The van der Waals surface area contributed by atoms with E-state index in [0.717, 1.165) is 4.90 Å². The summed E-state index contributed by atoms with van der Waals surface area (Å²) in [6.45, 7) is 4.44. The highest BCUT2D eigenvalue weighted by molar-refractivity contribution is 6.08. The number of fused-ring (bicyclic) bond motifs is 1. The number of amides is 3. The zero-order chi connectivity index (χ0) is 21.3. The lowest BCUT2D eigenvalue weighted by Gasteiger charge is -2.18. The van der Waals surface area contributed by atoms with Crippen LogP contribution in [0.5, 0.6) is 5.75 Å². The molecule has 0 saturated carbocycles. The SMILES string of the molecule is CCc1cc2c(COC(=O)CN3C(=O)N[C@@](C)(CC)C3=O)cc(=O)oc2cc1O. The summed E-state index contributed by atoms with van der Waals surface area (Å²) in [5.74, 6) is -1.27. The summed E-state index contributed by atoms with van der Waals surface area (Å²) in [5, 5.41) is 13.0. The number of nitrogens with zero attached hydrogens (tertiary/aromatic N) is 1. The predicted molar refractivity (Wildman–Crippen MR) is 102 cm³/mol. The molecule has 2 N–H and O–H groups in total. The van der Waals surface area contributed by atoms with Crippen LogP contribution < -0.4 is 10.9 Å². The topological polar surface area (TPSA) is 126 Å². The Labute approximate surface area is 166 Å². The van der Waals surface area contributed by atoms with E-state index in [9.17, 15) is 24.3 Å². The summed E-state index contributed by atoms with van der Waals surface area (Å²) >= 11 is 0. The highest BCUT2D eigenvalue weighted by atomic mass is 16.5. The first-order chi connectivity index (χ1) is 13.7. The maximum atomic E-state index is 12.4. The Hall–Kier alpha value is -3.36. The average Bonchev–Trinajstić information content (AvgIpc) is 2.89. The molecular formula is C20H22N2O7. The van der Waals surface area contributed by atoms with Crippen LogP contribution in [0.3, 0.4) is 0 Å². The number of ether oxygens (including phenoxy) is 1. The molecule has 0 unspecified atom stereocenters. The number of aryl methyl sites for hydroxylation is 1. The second kappa shape index (κ2) is 7.57. The normalized spacial score (nSPS) is 18.9. The summed E-state index contributed by atoms with van der Waals surface area (Å²) in [4.78, 5) is 49.2. The summed E-state index contributed by atoms with van der Waals surface area (Å²) in [6.07, 6.45) is 0.948. The zero-order valence-electron chi connectivity index (χ0n) is 16.4. The van der Waals surface area contributed by atoms with Gasteiger partial charge in [0.15, 0.2) is 0 Å². The largest absolute Gasteiger partial charge is 0.508 e. The molecule has 3 amide bonds. The number of phenols is 1. The molecule has 2 aromatic rings. The van der Waals surface area contributed by atoms with Crippen molar-refractivity contribution in [1.82, 2.24) is 10.2 Å². The Morgan fingerprint density at radius 1 is 1.21 bits per heavy atom. The van der Waals surface area contributed by atoms with E-state index in [2.05, 4.69) is 5.32 Å². The molecule has 1 aliphatic heterocycles. The molecule has 1 saturated heterocycles. The van der Waals surface area contributed by atoms with Crippen molar-refractivity contribution in [1.29, 1.82) is 0 Å². The third-order valence-electron chi connectivity index (χ3n) is 5.14. The standard InChI is InChI=1S/C20H22N2O7/c1-4-11-6-13-12(7-16(24)29-15(13)8-14(11)23)10-28-17(25)9-22-18(26)20(3,5-2)21-19(22)27/h6-8,23H,4-5,9-10H2,1-3H3,(H,21,27)/t20-/m0/s1. The summed E-state index contributed by atoms with van der Waals surface area (Å²) in [5.41, 5.74) is -0.470. The number of hydrogen-bond acceptors (Lipinski definition) is 7. The van der Waals surface area contributed by atoms with Crippen LogP contribution in [0.15, 0.2) is 27.4 Å². The molecule has 0 spiro atoms. The van der Waals surface area contributed by atoms with Gasteiger partial charge < -0.3 is 19.6 Å². The van der Waals surface area contributed by atoms with Crippen LogP contribution in [-0.2, 0) is 27.4 Å². The van der Waals surface area contributed by atoms with E-state index in [4.69, 9.17) is 9.15 Å². The van der Waals surface area contributed by atoms with Crippen molar-refractivity contribution in [2.75, 3.05) is 6.54 Å². The number of aromatic hydroxyl groups is 1. The van der Waals surface area contributed by atoms with Gasteiger partial charge in [0.1, 0.15) is 30.0 Å². The van der Waals surface area contributed by atoms with Crippen LogP contribution >= 0.6 is 0 Å². The molecule has 0 aliphatic carbocycles. The lowest BCUT2D eigenvalue weighted by atomic mass is 9.99. The van der Waals surface area contributed by atoms with Crippen molar-refractivity contribution >= 4 is 28.9 Å². The molecule has 2 heterocycles. The zero-order valence-corrected chi connectivity index (χ0v) is 16.4. The maximum absolute atomic E-state index is 12.4. The minimum absolute atomic E-state index is 0.00910. The molecule has 9 heteroatoms. The van der Waals surface area contributed by atoms with E-state index in [0.29, 0.717) is 29.4 Å². The van der Waals surface area contributed by atoms with Crippen LogP contribution in [0.25, 0.3) is 11.0 Å². The lowest BCUT2D eigenvalue weighted by molar-refractivity contribution is -0.148. The Balaban J connectivity index is 1.77. The monoisotopic (exact) mass is 402 g/mol. The predicted octanol–water partition coefficient (Wildman–Crippen LogP) is 1.82. The van der Waals surface area contributed by atoms with Crippen LogP contribution in [-0.4, -0.2) is 40.0 Å². The van der Waals surface area contributed by atoms with Gasteiger partial charge in [-0.1, -0.05) is 13.8 Å². The smallest absolute Gasteiger partial charge is 0.336 e. The Kier molecular flexibility index (Phi) is 5.32. The first kappa shape index (κ1) is 20.4. The van der Waals surface area contributed by atoms with Gasteiger partial charge in [-0.25, -0.2) is 9.59 Å². The van der Waals surface area contributed by atoms with Crippen LogP contribution in [0.2, 0.25) is 0 Å². The summed E-state index contributed by atoms with van der Waals surface area (Å²) in [7, 11) is 0. The number of rotatable bonds is 6. The first-order valence-electron chi connectivity index (χ1n) is 9.27. The fourth-order valence-corrected chi connectivity index (χ4v) is 3.17. The molecule has 3 rings (SSSR count). The Morgan fingerprint density at radius 3 is 2.55 bits per heavy atom. The number of hydrogen-bond donors (Lipinski definition) is 2. The van der Waals surface area contributed by atoms with Gasteiger partial charge >= 0.3 is 17.6 Å². The number of imide groups is 1. The molecular weight excluding hydrogens is 380 g/mol. The number of phenolic OH excluding ortho intramolecular Hbond substituents is 1. The van der Waals surface area contributed by atoms with Crippen molar-refractivity contribution < 1.29 is 28.6 Å². The number of carbonyl (C=O) groups excluding carboxylic acids is 3. The highest BCUT2D eigenvalue weighted by Crippen LogP contribution is 2.27. The van der Waals surface area contributed by atoms with Crippen molar-refractivity contribution in [3.05, 3.63) is 39.7 Å². The fourth-order valence-electron chi connectivity index (χ4n) is 3.17.